The third-order valence-electron chi connectivity index (χ3n) is 4.26. The van der Waals surface area contributed by atoms with Crippen molar-refractivity contribution in [3.05, 3.63) is 59.9 Å². The van der Waals surface area contributed by atoms with Crippen molar-refractivity contribution in [2.24, 2.45) is 7.05 Å². The molecule has 2 aromatic carbocycles. The Balaban J connectivity index is 1.63. The highest BCUT2D eigenvalue weighted by Gasteiger charge is 2.17. The summed E-state index contributed by atoms with van der Waals surface area (Å²) in [6.45, 7) is 1.90. The first-order chi connectivity index (χ1) is 13.5. The quantitative estimate of drug-likeness (QED) is 0.614. The van der Waals surface area contributed by atoms with E-state index in [2.05, 4.69) is 15.5 Å². The molecule has 1 amide bonds. The zero-order valence-corrected chi connectivity index (χ0v) is 16.7. The topological polar surface area (TPSA) is 69.0 Å². The van der Waals surface area contributed by atoms with Crippen molar-refractivity contribution in [2.75, 3.05) is 12.9 Å². The molecule has 0 saturated carbocycles. The van der Waals surface area contributed by atoms with E-state index >= 15 is 0 Å². The minimum atomic E-state index is -0.363. The molecule has 146 valence electrons. The van der Waals surface area contributed by atoms with Crippen molar-refractivity contribution in [3.8, 4) is 17.1 Å². The molecule has 0 fully saturated rings. The van der Waals surface area contributed by atoms with Gasteiger partial charge in [-0.1, -0.05) is 42.1 Å². The summed E-state index contributed by atoms with van der Waals surface area (Å²) >= 11 is 1.25. The van der Waals surface area contributed by atoms with E-state index in [1.165, 1.54) is 17.8 Å². The van der Waals surface area contributed by atoms with Gasteiger partial charge in [0.1, 0.15) is 11.6 Å². The first kappa shape index (κ1) is 19.9. The number of benzene rings is 2. The zero-order chi connectivity index (χ0) is 20.1. The van der Waals surface area contributed by atoms with Gasteiger partial charge in [-0.15, -0.1) is 10.2 Å². The molecule has 0 spiro atoms. The number of hydrogen-bond donors (Lipinski definition) is 1. The van der Waals surface area contributed by atoms with Crippen LogP contribution in [0.5, 0.6) is 5.75 Å². The fourth-order valence-electron chi connectivity index (χ4n) is 2.83. The highest BCUT2D eigenvalue weighted by Crippen LogP contribution is 2.26. The van der Waals surface area contributed by atoms with Gasteiger partial charge in [-0.25, -0.2) is 4.39 Å². The van der Waals surface area contributed by atoms with Gasteiger partial charge in [-0.05, 0) is 25.1 Å². The smallest absolute Gasteiger partial charge is 0.230 e. The van der Waals surface area contributed by atoms with E-state index in [-0.39, 0.29) is 23.5 Å². The summed E-state index contributed by atoms with van der Waals surface area (Å²) in [5, 5.41) is 11.6. The summed E-state index contributed by atoms with van der Waals surface area (Å²) in [6.07, 6.45) is 0. The number of nitrogens with one attached hydrogen (secondary N) is 1. The Hall–Kier alpha value is -2.87. The molecule has 1 heterocycles. The fraction of sp³-hybridized carbons (Fsp3) is 0.250. The monoisotopic (exact) mass is 400 g/mol. The Morgan fingerprint density at radius 2 is 1.93 bits per heavy atom. The largest absolute Gasteiger partial charge is 0.496 e. The van der Waals surface area contributed by atoms with Crippen LogP contribution < -0.4 is 10.1 Å². The zero-order valence-electron chi connectivity index (χ0n) is 15.8. The van der Waals surface area contributed by atoms with Crippen LogP contribution in [0.15, 0.2) is 53.7 Å². The van der Waals surface area contributed by atoms with E-state index in [0.717, 1.165) is 11.3 Å². The van der Waals surface area contributed by atoms with Crippen LogP contribution in [0.25, 0.3) is 11.4 Å². The van der Waals surface area contributed by atoms with Crippen LogP contribution in [0.4, 0.5) is 4.39 Å². The van der Waals surface area contributed by atoms with Gasteiger partial charge in [0.15, 0.2) is 11.0 Å². The number of para-hydroxylation sites is 1. The van der Waals surface area contributed by atoms with Crippen molar-refractivity contribution >= 4 is 17.7 Å². The van der Waals surface area contributed by atoms with Gasteiger partial charge in [0.25, 0.3) is 0 Å². The molecule has 1 aromatic heterocycles. The molecule has 0 saturated heterocycles. The van der Waals surface area contributed by atoms with E-state index in [0.29, 0.717) is 16.5 Å². The Labute approximate surface area is 167 Å². The van der Waals surface area contributed by atoms with Gasteiger partial charge >= 0.3 is 0 Å². The lowest BCUT2D eigenvalue weighted by molar-refractivity contribution is -0.119. The molecule has 0 unspecified atom stereocenters. The Kier molecular flexibility index (Phi) is 6.30. The highest BCUT2D eigenvalue weighted by atomic mass is 32.2. The number of methoxy groups -OCH3 is 1. The molecule has 3 rings (SSSR count). The standard InChI is InChI=1S/C20H21FN4O2S/c1-13(14-8-5-7-11-17(14)27-3)22-18(26)12-28-20-24-23-19(25(20)2)15-9-4-6-10-16(15)21/h4-11,13H,12H2,1-3H3,(H,22,26)/t13-/m1/s1. The summed E-state index contributed by atoms with van der Waals surface area (Å²) in [6, 6.07) is 13.8. The van der Waals surface area contributed by atoms with Crippen molar-refractivity contribution < 1.29 is 13.9 Å². The van der Waals surface area contributed by atoms with Gasteiger partial charge in [0.2, 0.25) is 5.91 Å². The van der Waals surface area contributed by atoms with E-state index in [1.807, 2.05) is 31.2 Å². The lowest BCUT2D eigenvalue weighted by atomic mass is 10.1. The van der Waals surface area contributed by atoms with Gasteiger partial charge in [-0.2, -0.15) is 0 Å². The number of hydrogen-bond acceptors (Lipinski definition) is 5. The van der Waals surface area contributed by atoms with Crippen molar-refractivity contribution in [1.82, 2.24) is 20.1 Å². The minimum Gasteiger partial charge on any atom is -0.496 e. The van der Waals surface area contributed by atoms with Crippen molar-refractivity contribution in [2.45, 2.75) is 18.1 Å². The second-order valence-electron chi connectivity index (χ2n) is 6.16. The molecule has 8 heteroatoms. The number of ether oxygens (including phenoxy) is 1. The number of aromatic nitrogens is 3. The number of nitrogens with zero attached hydrogens (tertiary/aromatic N) is 3. The van der Waals surface area contributed by atoms with Crippen molar-refractivity contribution in [1.29, 1.82) is 0 Å². The summed E-state index contributed by atoms with van der Waals surface area (Å²) in [5.41, 5.74) is 1.28. The molecular formula is C20H21FN4O2S. The van der Waals surface area contributed by atoms with Crippen molar-refractivity contribution in [3.63, 3.8) is 0 Å². The molecular weight excluding hydrogens is 379 g/mol. The van der Waals surface area contributed by atoms with E-state index in [1.54, 1.807) is 36.9 Å². The molecule has 0 aliphatic heterocycles. The summed E-state index contributed by atoms with van der Waals surface area (Å²) in [5.74, 6) is 0.814. The van der Waals surface area contributed by atoms with Crippen LogP contribution in [-0.2, 0) is 11.8 Å². The average molecular weight is 400 g/mol. The second kappa shape index (κ2) is 8.88. The molecule has 6 nitrogen and oxygen atoms in total. The molecule has 0 aliphatic rings. The normalized spacial score (nSPS) is 11.9. The molecule has 1 atom stereocenters. The molecule has 28 heavy (non-hydrogen) atoms. The van der Waals surface area contributed by atoms with E-state index in [9.17, 15) is 9.18 Å². The Morgan fingerprint density at radius 3 is 2.68 bits per heavy atom. The maximum absolute atomic E-state index is 14.0. The predicted octanol–water partition coefficient (Wildman–Crippen LogP) is 3.60. The number of halogens is 1. The van der Waals surface area contributed by atoms with Crippen LogP contribution in [-0.4, -0.2) is 33.5 Å². The average Bonchev–Trinajstić information content (AvgIpc) is 3.07. The van der Waals surface area contributed by atoms with Gasteiger partial charge in [0, 0.05) is 12.6 Å². The van der Waals surface area contributed by atoms with Crippen LogP contribution >= 0.6 is 11.8 Å². The third kappa shape index (κ3) is 4.33. The summed E-state index contributed by atoms with van der Waals surface area (Å²) in [7, 11) is 3.35. The molecule has 0 bridgehead atoms. The maximum atomic E-state index is 14.0. The van der Waals surface area contributed by atoms with Crippen LogP contribution in [0.1, 0.15) is 18.5 Å². The minimum absolute atomic E-state index is 0.140. The van der Waals surface area contributed by atoms with Gasteiger partial charge < -0.3 is 14.6 Å². The highest BCUT2D eigenvalue weighted by molar-refractivity contribution is 7.99. The van der Waals surface area contributed by atoms with Gasteiger partial charge in [-0.3, -0.25) is 4.79 Å². The van der Waals surface area contributed by atoms with Crippen LogP contribution in [0.3, 0.4) is 0 Å². The molecule has 3 aromatic rings. The van der Waals surface area contributed by atoms with Crippen LogP contribution in [0, 0.1) is 5.82 Å². The summed E-state index contributed by atoms with van der Waals surface area (Å²) < 4.78 is 21.0. The Bertz CT molecular complexity index is 976. The third-order valence-corrected chi connectivity index (χ3v) is 5.29. The van der Waals surface area contributed by atoms with Gasteiger partial charge in [0.05, 0.1) is 24.5 Å². The Morgan fingerprint density at radius 1 is 1.21 bits per heavy atom. The van der Waals surface area contributed by atoms with E-state index in [4.69, 9.17) is 4.74 Å². The lowest BCUT2D eigenvalue weighted by Gasteiger charge is -2.17. The molecule has 1 N–H and O–H groups in total. The predicted molar refractivity (Wildman–Crippen MR) is 107 cm³/mol. The number of rotatable bonds is 7. The fourth-order valence-corrected chi connectivity index (χ4v) is 3.56. The maximum Gasteiger partial charge on any atom is 0.230 e. The number of carbonyl (C=O) groups excluding carboxylic acids is 1. The summed E-state index contributed by atoms with van der Waals surface area (Å²) in [4.78, 5) is 12.4. The number of amides is 1. The first-order valence-electron chi connectivity index (χ1n) is 8.70. The SMILES string of the molecule is COc1ccccc1[C@@H](C)NC(=O)CSc1nnc(-c2ccccc2F)n1C. The molecule has 0 aliphatic carbocycles. The lowest BCUT2D eigenvalue weighted by Crippen LogP contribution is -2.28. The number of carbonyl (C=O) groups is 1. The van der Waals surface area contributed by atoms with E-state index < -0.39 is 0 Å². The number of thioether (sulfide) groups is 1. The second-order valence-corrected chi connectivity index (χ2v) is 7.11. The van der Waals surface area contributed by atoms with Crippen LogP contribution in [0.2, 0.25) is 0 Å². The molecule has 0 radical (unpaired) electrons. The first-order valence-corrected chi connectivity index (χ1v) is 9.69.